The lowest BCUT2D eigenvalue weighted by Crippen LogP contribution is -2.51. The van der Waals surface area contributed by atoms with E-state index in [0.29, 0.717) is 0 Å². The third-order valence-electron chi connectivity index (χ3n) is 5.80. The molecule has 7 nitrogen and oxygen atoms in total. The summed E-state index contributed by atoms with van der Waals surface area (Å²) in [6.45, 7) is -3.21. The van der Waals surface area contributed by atoms with E-state index in [1.807, 2.05) is 0 Å². The van der Waals surface area contributed by atoms with Crippen LogP contribution in [0.5, 0.6) is 5.88 Å². The second-order valence-electron chi connectivity index (χ2n) is 8.03. The van der Waals surface area contributed by atoms with Crippen LogP contribution in [0.3, 0.4) is 0 Å². The number of ether oxygens (including phenoxy) is 1. The average Bonchev–Trinajstić information content (AvgIpc) is 2.89. The van der Waals surface area contributed by atoms with E-state index < -0.39 is 54.8 Å². The molecule has 1 N–H and O–H groups in total. The summed E-state index contributed by atoms with van der Waals surface area (Å²) >= 11 is 0. The molecule has 0 fully saturated rings. The Bertz CT molecular complexity index is 1400. The van der Waals surface area contributed by atoms with Crippen LogP contribution < -0.4 is 10.1 Å². The van der Waals surface area contributed by atoms with Crippen LogP contribution in [0.4, 0.5) is 32.0 Å². The number of anilines is 1. The van der Waals surface area contributed by atoms with Crippen LogP contribution in [0.25, 0.3) is 0 Å². The monoisotopic (exact) mass is 534 g/mol. The highest BCUT2D eigenvalue weighted by atomic mass is 19.3. The minimum absolute atomic E-state index is 0.0305. The van der Waals surface area contributed by atoms with Gasteiger partial charge in [0.05, 0.1) is 17.5 Å². The van der Waals surface area contributed by atoms with Crippen molar-refractivity contribution >= 4 is 17.5 Å². The minimum Gasteiger partial charge on any atom is -0.417 e. The summed E-state index contributed by atoms with van der Waals surface area (Å²) in [4.78, 5) is 30.6. The number of hydrogen-bond donors (Lipinski definition) is 1. The lowest BCUT2D eigenvalue weighted by Gasteiger charge is -2.42. The van der Waals surface area contributed by atoms with Crippen molar-refractivity contribution in [3.05, 3.63) is 88.9 Å². The summed E-state index contributed by atoms with van der Waals surface area (Å²) < 4.78 is 85.2. The van der Waals surface area contributed by atoms with Crippen LogP contribution in [0.2, 0.25) is 0 Å². The SMILES string of the molecule is N#Cc1cc(NC(=O)C2c3ccccc3C(=O)N(C(F)C(F)F)C2c2ccc(OC(F)F)nc2)ccc1F. The lowest BCUT2D eigenvalue weighted by atomic mass is 9.79. The van der Waals surface area contributed by atoms with Crippen molar-refractivity contribution < 1.29 is 40.7 Å². The molecule has 0 saturated carbocycles. The van der Waals surface area contributed by atoms with E-state index in [0.717, 1.165) is 36.5 Å². The molecule has 1 aliphatic rings. The number of alkyl halides is 5. The van der Waals surface area contributed by atoms with Crippen LogP contribution in [0.15, 0.2) is 60.8 Å². The van der Waals surface area contributed by atoms with Gasteiger partial charge in [-0.1, -0.05) is 24.3 Å². The zero-order valence-corrected chi connectivity index (χ0v) is 19.0. The van der Waals surface area contributed by atoms with Gasteiger partial charge in [0.15, 0.2) is 0 Å². The highest BCUT2D eigenvalue weighted by Gasteiger charge is 2.49. The number of nitrogens with zero attached hydrogens (tertiary/aromatic N) is 3. The molecular formula is C25H16F6N4O3. The van der Waals surface area contributed by atoms with Gasteiger partial charge in [-0.25, -0.2) is 22.5 Å². The Morgan fingerprint density at radius 2 is 1.82 bits per heavy atom. The van der Waals surface area contributed by atoms with Gasteiger partial charge in [0.2, 0.25) is 18.1 Å². The quantitative estimate of drug-likeness (QED) is 0.333. The summed E-state index contributed by atoms with van der Waals surface area (Å²) in [7, 11) is 0. The molecule has 2 aromatic carbocycles. The molecule has 196 valence electrons. The van der Waals surface area contributed by atoms with Crippen LogP contribution >= 0.6 is 0 Å². The standard InChI is InChI=1S/C25H16F6N4O3/c26-17-7-6-14(9-13(17)10-32)34-23(36)19-15-3-1-2-4-16(15)24(37)35(22(29)21(27)28)20(19)12-5-8-18(33-11-12)38-25(30)31/h1-9,11,19-22,25H,(H,34,36). The number of nitriles is 1. The van der Waals surface area contributed by atoms with Crippen LogP contribution in [-0.4, -0.2) is 41.0 Å². The van der Waals surface area contributed by atoms with E-state index in [-0.39, 0.29) is 32.8 Å². The molecule has 38 heavy (non-hydrogen) atoms. The van der Waals surface area contributed by atoms with Gasteiger partial charge in [-0.05, 0) is 35.4 Å². The summed E-state index contributed by atoms with van der Waals surface area (Å²) in [5.74, 6) is -4.95. The number of benzene rings is 2. The van der Waals surface area contributed by atoms with Gasteiger partial charge in [0.25, 0.3) is 12.3 Å². The van der Waals surface area contributed by atoms with Crippen molar-refractivity contribution in [2.24, 2.45) is 0 Å². The number of aromatic nitrogens is 1. The summed E-state index contributed by atoms with van der Waals surface area (Å²) in [6, 6.07) is 10.6. The Balaban J connectivity index is 1.85. The number of carbonyl (C=O) groups excluding carboxylic acids is 2. The molecule has 0 spiro atoms. The summed E-state index contributed by atoms with van der Waals surface area (Å²) in [5.41, 5.74) is -0.699. The van der Waals surface area contributed by atoms with Crippen LogP contribution in [0.1, 0.15) is 39.0 Å². The first-order valence-corrected chi connectivity index (χ1v) is 10.9. The Labute approximate surface area is 211 Å². The Hall–Kier alpha value is -4.60. The zero-order chi connectivity index (χ0) is 27.6. The van der Waals surface area contributed by atoms with Crippen molar-refractivity contribution in [2.75, 3.05) is 5.32 Å². The van der Waals surface area contributed by atoms with Crippen LogP contribution in [0, 0.1) is 17.1 Å². The normalized spacial score (nSPS) is 17.7. The maximum absolute atomic E-state index is 15.0. The predicted octanol–water partition coefficient (Wildman–Crippen LogP) is 5.17. The fraction of sp³-hybridized carbons (Fsp3) is 0.200. The molecule has 13 heteroatoms. The molecule has 0 aliphatic carbocycles. The molecule has 2 amide bonds. The number of carbonyl (C=O) groups is 2. The van der Waals surface area contributed by atoms with Crippen molar-refractivity contribution in [1.29, 1.82) is 5.26 Å². The van der Waals surface area contributed by atoms with E-state index in [2.05, 4.69) is 15.0 Å². The number of rotatable bonds is 7. The number of pyridine rings is 1. The first-order valence-electron chi connectivity index (χ1n) is 10.9. The van der Waals surface area contributed by atoms with Gasteiger partial charge >= 0.3 is 6.61 Å². The fourth-order valence-corrected chi connectivity index (χ4v) is 4.22. The highest BCUT2D eigenvalue weighted by molar-refractivity contribution is 6.04. The molecule has 0 radical (unpaired) electrons. The second-order valence-corrected chi connectivity index (χ2v) is 8.03. The maximum atomic E-state index is 15.0. The molecular weight excluding hydrogens is 518 g/mol. The van der Waals surface area contributed by atoms with E-state index in [1.165, 1.54) is 24.3 Å². The van der Waals surface area contributed by atoms with E-state index >= 15 is 0 Å². The summed E-state index contributed by atoms with van der Waals surface area (Å²) in [6.07, 6.45) is -5.90. The average molecular weight is 534 g/mol. The van der Waals surface area contributed by atoms with Crippen molar-refractivity contribution in [1.82, 2.24) is 9.88 Å². The van der Waals surface area contributed by atoms with Crippen molar-refractivity contribution in [3.63, 3.8) is 0 Å². The van der Waals surface area contributed by atoms with Gasteiger partial charge in [0, 0.05) is 23.5 Å². The highest BCUT2D eigenvalue weighted by Crippen LogP contribution is 2.45. The van der Waals surface area contributed by atoms with Gasteiger partial charge < -0.3 is 10.1 Å². The maximum Gasteiger partial charge on any atom is 0.388 e. The number of halogens is 6. The minimum atomic E-state index is -3.65. The Morgan fingerprint density at radius 3 is 2.45 bits per heavy atom. The fourth-order valence-electron chi connectivity index (χ4n) is 4.22. The lowest BCUT2D eigenvalue weighted by molar-refractivity contribution is -0.121. The summed E-state index contributed by atoms with van der Waals surface area (Å²) in [5, 5.41) is 11.5. The van der Waals surface area contributed by atoms with E-state index in [1.54, 1.807) is 6.07 Å². The third-order valence-corrected chi connectivity index (χ3v) is 5.80. The molecule has 1 aromatic heterocycles. The van der Waals surface area contributed by atoms with Crippen LogP contribution in [-0.2, 0) is 4.79 Å². The number of hydrogen-bond acceptors (Lipinski definition) is 5. The first-order chi connectivity index (χ1) is 18.1. The molecule has 1 aliphatic heterocycles. The first kappa shape index (κ1) is 26.5. The smallest absolute Gasteiger partial charge is 0.388 e. The predicted molar refractivity (Wildman–Crippen MR) is 120 cm³/mol. The van der Waals surface area contributed by atoms with Crippen molar-refractivity contribution in [2.45, 2.75) is 31.3 Å². The number of nitrogens with one attached hydrogen (secondary N) is 1. The van der Waals surface area contributed by atoms with Gasteiger partial charge in [-0.3, -0.25) is 14.5 Å². The molecule has 0 bridgehead atoms. The van der Waals surface area contributed by atoms with E-state index in [9.17, 15) is 35.9 Å². The topological polar surface area (TPSA) is 95.3 Å². The largest absolute Gasteiger partial charge is 0.417 e. The molecule has 3 aromatic rings. The molecule has 0 saturated heterocycles. The molecule has 3 unspecified atom stereocenters. The van der Waals surface area contributed by atoms with Crippen molar-refractivity contribution in [3.8, 4) is 11.9 Å². The van der Waals surface area contributed by atoms with Gasteiger partial charge in [0.1, 0.15) is 11.9 Å². The molecule has 4 rings (SSSR count). The number of amides is 2. The van der Waals surface area contributed by atoms with Gasteiger partial charge in [-0.15, -0.1) is 0 Å². The molecule has 3 atom stereocenters. The van der Waals surface area contributed by atoms with E-state index in [4.69, 9.17) is 5.26 Å². The zero-order valence-electron chi connectivity index (χ0n) is 19.0. The Kier molecular flexibility index (Phi) is 7.52. The third kappa shape index (κ3) is 5.10. The molecule has 2 heterocycles. The number of fused-ring (bicyclic) bond motifs is 1. The Morgan fingerprint density at radius 1 is 1.08 bits per heavy atom. The van der Waals surface area contributed by atoms with Gasteiger partial charge in [-0.2, -0.15) is 14.0 Å². The second kappa shape index (κ2) is 10.8.